The lowest BCUT2D eigenvalue weighted by atomic mass is 10.0. The SMILES string of the molecule is CCN(CCSc1cc(Cl)ccc1Cl)CC1CCCCN1. The summed E-state index contributed by atoms with van der Waals surface area (Å²) < 4.78 is 0. The Morgan fingerprint density at radius 2 is 2.19 bits per heavy atom. The van der Waals surface area contributed by atoms with Crippen molar-refractivity contribution in [2.45, 2.75) is 37.1 Å². The van der Waals surface area contributed by atoms with Crippen molar-refractivity contribution in [2.24, 2.45) is 0 Å². The molecule has 1 heterocycles. The fourth-order valence-electron chi connectivity index (χ4n) is 2.64. The van der Waals surface area contributed by atoms with Gasteiger partial charge in [-0.2, -0.15) is 0 Å². The molecule has 5 heteroatoms. The molecule has 1 aromatic rings. The minimum absolute atomic E-state index is 0.665. The van der Waals surface area contributed by atoms with E-state index in [1.807, 2.05) is 18.2 Å². The molecule has 118 valence electrons. The van der Waals surface area contributed by atoms with Crippen molar-refractivity contribution in [1.82, 2.24) is 10.2 Å². The number of hydrogen-bond acceptors (Lipinski definition) is 3. The monoisotopic (exact) mass is 346 g/mol. The third kappa shape index (κ3) is 5.99. The van der Waals surface area contributed by atoms with Crippen LogP contribution in [0.3, 0.4) is 0 Å². The number of halogens is 2. The molecule has 2 rings (SSSR count). The van der Waals surface area contributed by atoms with Crippen molar-refractivity contribution in [3.8, 4) is 0 Å². The van der Waals surface area contributed by atoms with Crippen LogP contribution in [0.25, 0.3) is 0 Å². The number of nitrogens with zero attached hydrogens (tertiary/aromatic N) is 1. The third-order valence-electron chi connectivity index (χ3n) is 3.90. The number of nitrogens with one attached hydrogen (secondary N) is 1. The number of thioether (sulfide) groups is 1. The lowest BCUT2D eigenvalue weighted by Gasteiger charge is -2.29. The van der Waals surface area contributed by atoms with Crippen LogP contribution in [0.15, 0.2) is 23.1 Å². The molecule has 0 amide bonds. The van der Waals surface area contributed by atoms with Gasteiger partial charge in [-0.1, -0.05) is 36.5 Å². The van der Waals surface area contributed by atoms with Gasteiger partial charge in [0.25, 0.3) is 0 Å². The molecule has 2 nitrogen and oxygen atoms in total. The van der Waals surface area contributed by atoms with E-state index in [2.05, 4.69) is 17.1 Å². The van der Waals surface area contributed by atoms with Crippen LogP contribution in [0.2, 0.25) is 10.0 Å². The lowest BCUT2D eigenvalue weighted by Crippen LogP contribution is -2.44. The highest BCUT2D eigenvalue weighted by atomic mass is 35.5. The first-order chi connectivity index (χ1) is 10.2. The first kappa shape index (κ1) is 17.4. The first-order valence-corrected chi connectivity index (χ1v) is 9.46. The molecule has 1 aromatic carbocycles. The maximum Gasteiger partial charge on any atom is 0.0542 e. The summed E-state index contributed by atoms with van der Waals surface area (Å²) in [7, 11) is 0. The fraction of sp³-hybridized carbons (Fsp3) is 0.625. The average molecular weight is 347 g/mol. The summed E-state index contributed by atoms with van der Waals surface area (Å²) in [6.45, 7) is 6.75. The summed E-state index contributed by atoms with van der Waals surface area (Å²) in [5.74, 6) is 1.04. The van der Waals surface area contributed by atoms with Gasteiger partial charge in [0.15, 0.2) is 0 Å². The normalized spacial score (nSPS) is 19.1. The maximum atomic E-state index is 6.20. The molecule has 1 N–H and O–H groups in total. The van der Waals surface area contributed by atoms with E-state index in [1.165, 1.54) is 25.8 Å². The van der Waals surface area contributed by atoms with E-state index >= 15 is 0 Å². The van der Waals surface area contributed by atoms with Crippen molar-refractivity contribution in [2.75, 3.05) is 31.9 Å². The summed E-state index contributed by atoms with van der Waals surface area (Å²) in [5.41, 5.74) is 0. The number of piperidine rings is 1. The molecule has 0 aromatic heterocycles. The Morgan fingerprint density at radius 3 is 2.90 bits per heavy atom. The standard InChI is InChI=1S/C16H24Cl2N2S/c1-2-20(12-14-5-3-4-8-19-14)9-10-21-16-11-13(17)6-7-15(16)18/h6-7,11,14,19H,2-5,8-10,12H2,1H3. The summed E-state index contributed by atoms with van der Waals surface area (Å²) in [6, 6.07) is 6.32. The second kappa shape index (κ2) is 9.26. The molecule has 0 bridgehead atoms. The largest absolute Gasteiger partial charge is 0.313 e. The average Bonchev–Trinajstić information content (AvgIpc) is 2.50. The molecular formula is C16H24Cl2N2S. The first-order valence-electron chi connectivity index (χ1n) is 7.72. The van der Waals surface area contributed by atoms with Crippen LogP contribution in [-0.2, 0) is 0 Å². The van der Waals surface area contributed by atoms with Crippen LogP contribution in [0.4, 0.5) is 0 Å². The molecule has 0 saturated carbocycles. The van der Waals surface area contributed by atoms with Gasteiger partial charge in [-0.25, -0.2) is 0 Å². The van der Waals surface area contributed by atoms with E-state index in [0.29, 0.717) is 6.04 Å². The van der Waals surface area contributed by atoms with Crippen LogP contribution >= 0.6 is 35.0 Å². The highest BCUT2D eigenvalue weighted by molar-refractivity contribution is 7.99. The van der Waals surface area contributed by atoms with Gasteiger partial charge in [0, 0.05) is 34.8 Å². The minimum Gasteiger partial charge on any atom is -0.313 e. The number of rotatable bonds is 7. The second-order valence-corrected chi connectivity index (χ2v) is 7.44. The van der Waals surface area contributed by atoms with E-state index in [1.54, 1.807) is 11.8 Å². The van der Waals surface area contributed by atoms with E-state index in [0.717, 1.165) is 40.3 Å². The van der Waals surface area contributed by atoms with Gasteiger partial charge >= 0.3 is 0 Å². The van der Waals surface area contributed by atoms with E-state index in [4.69, 9.17) is 23.2 Å². The van der Waals surface area contributed by atoms with Crippen LogP contribution in [-0.4, -0.2) is 42.9 Å². The third-order valence-corrected chi connectivity index (χ3v) is 5.61. The molecule has 1 aliphatic rings. The van der Waals surface area contributed by atoms with Crippen LogP contribution < -0.4 is 5.32 Å². The number of benzene rings is 1. The van der Waals surface area contributed by atoms with Crippen molar-refractivity contribution in [1.29, 1.82) is 0 Å². The zero-order valence-electron chi connectivity index (χ0n) is 12.6. The Bertz CT molecular complexity index is 436. The second-order valence-electron chi connectivity index (χ2n) is 5.46. The fourth-order valence-corrected chi connectivity index (χ4v) is 4.15. The van der Waals surface area contributed by atoms with Crippen molar-refractivity contribution >= 4 is 35.0 Å². The number of likely N-dealkylation sites (N-methyl/N-ethyl adjacent to an activating group) is 1. The predicted octanol–water partition coefficient (Wildman–Crippen LogP) is 4.55. The minimum atomic E-state index is 0.665. The highest BCUT2D eigenvalue weighted by Gasteiger charge is 2.15. The van der Waals surface area contributed by atoms with Gasteiger partial charge in [0.1, 0.15) is 0 Å². The molecule has 21 heavy (non-hydrogen) atoms. The maximum absolute atomic E-state index is 6.20. The van der Waals surface area contributed by atoms with E-state index in [9.17, 15) is 0 Å². The number of hydrogen-bond donors (Lipinski definition) is 1. The summed E-state index contributed by atoms with van der Waals surface area (Å²) in [6.07, 6.45) is 4.00. The Kier molecular flexibility index (Phi) is 7.69. The Labute approximate surface area is 142 Å². The molecule has 1 unspecified atom stereocenters. The zero-order chi connectivity index (χ0) is 15.1. The van der Waals surface area contributed by atoms with Crippen molar-refractivity contribution in [3.05, 3.63) is 28.2 Å². The lowest BCUT2D eigenvalue weighted by molar-refractivity contribution is 0.244. The van der Waals surface area contributed by atoms with Crippen LogP contribution in [0.5, 0.6) is 0 Å². The van der Waals surface area contributed by atoms with Crippen molar-refractivity contribution < 1.29 is 0 Å². The Morgan fingerprint density at radius 1 is 1.33 bits per heavy atom. The van der Waals surface area contributed by atoms with E-state index in [-0.39, 0.29) is 0 Å². The molecule has 1 atom stereocenters. The summed E-state index contributed by atoms with van der Waals surface area (Å²) >= 11 is 14.0. The van der Waals surface area contributed by atoms with Gasteiger partial charge in [-0.15, -0.1) is 11.8 Å². The molecule has 1 aliphatic heterocycles. The molecule has 0 aliphatic carbocycles. The molecular weight excluding hydrogens is 323 g/mol. The Hall–Kier alpha value is 0.0700. The van der Waals surface area contributed by atoms with E-state index < -0.39 is 0 Å². The van der Waals surface area contributed by atoms with Crippen LogP contribution in [0.1, 0.15) is 26.2 Å². The zero-order valence-corrected chi connectivity index (χ0v) is 14.9. The topological polar surface area (TPSA) is 15.3 Å². The summed E-state index contributed by atoms with van der Waals surface area (Å²) in [4.78, 5) is 3.60. The summed E-state index contributed by atoms with van der Waals surface area (Å²) in [5, 5.41) is 5.17. The van der Waals surface area contributed by atoms with Gasteiger partial charge < -0.3 is 10.2 Å². The van der Waals surface area contributed by atoms with Gasteiger partial charge in [-0.05, 0) is 44.1 Å². The predicted molar refractivity (Wildman–Crippen MR) is 94.9 cm³/mol. The smallest absolute Gasteiger partial charge is 0.0542 e. The van der Waals surface area contributed by atoms with Crippen molar-refractivity contribution in [3.63, 3.8) is 0 Å². The molecule has 1 fully saturated rings. The molecule has 0 spiro atoms. The molecule has 0 radical (unpaired) electrons. The molecule has 1 saturated heterocycles. The van der Waals surface area contributed by atoms with Gasteiger partial charge in [0.2, 0.25) is 0 Å². The van der Waals surface area contributed by atoms with Crippen LogP contribution in [0, 0.1) is 0 Å². The quantitative estimate of drug-likeness (QED) is 0.729. The Balaban J connectivity index is 1.76. The van der Waals surface area contributed by atoms with Gasteiger partial charge in [-0.3, -0.25) is 0 Å². The highest BCUT2D eigenvalue weighted by Crippen LogP contribution is 2.29. The van der Waals surface area contributed by atoms with Gasteiger partial charge in [0.05, 0.1) is 5.02 Å².